The van der Waals surface area contributed by atoms with E-state index in [0.717, 1.165) is 6.42 Å². The Hall–Kier alpha value is -2.02. The lowest BCUT2D eigenvalue weighted by Crippen LogP contribution is -2.38. The Bertz CT molecular complexity index is 864. The summed E-state index contributed by atoms with van der Waals surface area (Å²) < 4.78 is 0. The summed E-state index contributed by atoms with van der Waals surface area (Å²) in [5.74, 6) is 0.217. The topological polar surface area (TPSA) is 20.2 Å². The molecule has 0 heterocycles. The Balaban J connectivity index is 2.58. The number of hydrogen-bond donors (Lipinski definition) is 1. The molecule has 28 heavy (non-hydrogen) atoms. The van der Waals surface area contributed by atoms with E-state index in [4.69, 9.17) is 0 Å². The van der Waals surface area contributed by atoms with E-state index < -0.39 is 0 Å². The van der Waals surface area contributed by atoms with Crippen LogP contribution in [0.15, 0.2) is 42.7 Å². The fraction of sp³-hybridized carbons (Fsp3) is 0.481. The molecule has 0 fully saturated rings. The van der Waals surface area contributed by atoms with Crippen LogP contribution in [0.2, 0.25) is 0 Å². The Morgan fingerprint density at radius 2 is 1.36 bits per heavy atom. The summed E-state index contributed by atoms with van der Waals surface area (Å²) in [5.41, 5.74) is 9.01. The lowest BCUT2D eigenvalue weighted by Gasteiger charge is -2.42. The smallest absolute Gasteiger partial charge is 0.0887 e. The molecule has 0 aromatic heterocycles. The zero-order valence-electron chi connectivity index (χ0n) is 19.3. The predicted molar refractivity (Wildman–Crippen MR) is 122 cm³/mol. The Morgan fingerprint density at radius 3 is 1.82 bits per heavy atom. The average Bonchev–Trinajstić information content (AvgIpc) is 2.60. The van der Waals surface area contributed by atoms with Crippen molar-refractivity contribution in [2.24, 2.45) is 5.92 Å². The Morgan fingerprint density at radius 1 is 0.857 bits per heavy atom. The van der Waals surface area contributed by atoms with Crippen LogP contribution in [0.3, 0.4) is 0 Å². The number of benzene rings is 2. The van der Waals surface area contributed by atoms with Crippen molar-refractivity contribution in [3.8, 4) is 0 Å². The van der Waals surface area contributed by atoms with Gasteiger partial charge in [-0.25, -0.2) is 0 Å². The number of aliphatic hydroxyl groups is 1. The summed E-state index contributed by atoms with van der Waals surface area (Å²) in [7, 11) is 0. The molecule has 1 N–H and O–H groups in total. The second kappa shape index (κ2) is 7.78. The van der Waals surface area contributed by atoms with Crippen molar-refractivity contribution in [1.82, 2.24) is 0 Å². The van der Waals surface area contributed by atoms with E-state index in [1.807, 2.05) is 0 Å². The van der Waals surface area contributed by atoms with Crippen LogP contribution in [-0.4, -0.2) is 5.11 Å². The van der Waals surface area contributed by atoms with E-state index in [2.05, 4.69) is 99.2 Å². The van der Waals surface area contributed by atoms with Crippen LogP contribution in [0.25, 0.3) is 0 Å². The second-order valence-electron chi connectivity index (χ2n) is 9.73. The van der Waals surface area contributed by atoms with Crippen LogP contribution in [0.5, 0.6) is 0 Å². The molecular weight excluding hydrogens is 340 g/mol. The highest BCUT2D eigenvalue weighted by Gasteiger charge is 2.40. The lowest BCUT2D eigenvalue weighted by atomic mass is 9.61. The zero-order chi connectivity index (χ0) is 21.4. The highest BCUT2D eigenvalue weighted by atomic mass is 16.3. The molecule has 0 spiro atoms. The summed E-state index contributed by atoms with van der Waals surface area (Å²) in [6, 6.07) is 11.4. The minimum Gasteiger partial charge on any atom is -0.513 e. The van der Waals surface area contributed by atoms with Crippen LogP contribution >= 0.6 is 0 Å². The van der Waals surface area contributed by atoms with Crippen molar-refractivity contribution in [1.29, 1.82) is 0 Å². The molecule has 0 saturated carbocycles. The summed E-state index contributed by atoms with van der Waals surface area (Å²) in [5, 5.41) is 10.3. The second-order valence-corrected chi connectivity index (χ2v) is 9.73. The number of aryl methyl sites for hydroxylation is 4. The highest BCUT2D eigenvalue weighted by molar-refractivity contribution is 5.42. The molecule has 0 aliphatic rings. The van der Waals surface area contributed by atoms with Gasteiger partial charge in [-0.05, 0) is 85.4 Å². The molecule has 0 amide bonds. The van der Waals surface area contributed by atoms with Crippen molar-refractivity contribution >= 4 is 0 Å². The van der Waals surface area contributed by atoms with Crippen molar-refractivity contribution in [2.75, 3.05) is 0 Å². The number of aliphatic hydroxyl groups excluding tert-OH is 1. The van der Waals surface area contributed by atoms with Gasteiger partial charge in [0.25, 0.3) is 0 Å². The molecule has 2 aromatic rings. The van der Waals surface area contributed by atoms with Gasteiger partial charge in [-0.2, -0.15) is 0 Å². The van der Waals surface area contributed by atoms with E-state index in [-0.39, 0.29) is 22.5 Å². The molecular formula is C27H38O. The normalized spacial score (nSPS) is 15.2. The first kappa shape index (κ1) is 22.3. The van der Waals surface area contributed by atoms with E-state index in [9.17, 15) is 5.11 Å². The SMILES string of the molecule is C=C(O)C(C)C(C)(CC(C)(C)c1cc(C)c(C)c(C)c1)c1ccc(C)c(C)c1. The highest BCUT2D eigenvalue weighted by Crippen LogP contribution is 2.46. The van der Waals surface area contributed by atoms with Crippen molar-refractivity contribution in [2.45, 2.75) is 79.6 Å². The van der Waals surface area contributed by atoms with Gasteiger partial charge < -0.3 is 5.11 Å². The lowest BCUT2D eigenvalue weighted by molar-refractivity contribution is 0.209. The molecule has 2 atom stereocenters. The maximum Gasteiger partial charge on any atom is 0.0887 e. The Labute approximate surface area is 172 Å². The molecule has 2 rings (SSSR count). The molecule has 0 radical (unpaired) electrons. The predicted octanol–water partition coefficient (Wildman–Crippen LogP) is 7.56. The average molecular weight is 379 g/mol. The third-order valence-corrected chi connectivity index (χ3v) is 7.14. The van der Waals surface area contributed by atoms with Crippen LogP contribution in [0, 0.1) is 40.5 Å². The van der Waals surface area contributed by atoms with Crippen molar-refractivity contribution in [3.63, 3.8) is 0 Å². The first-order valence-corrected chi connectivity index (χ1v) is 10.3. The first-order chi connectivity index (χ1) is 12.8. The van der Waals surface area contributed by atoms with Crippen LogP contribution in [0.1, 0.15) is 73.1 Å². The van der Waals surface area contributed by atoms with E-state index in [1.54, 1.807) is 0 Å². The van der Waals surface area contributed by atoms with E-state index in [0.29, 0.717) is 0 Å². The molecule has 0 bridgehead atoms. The molecule has 152 valence electrons. The summed E-state index contributed by atoms with van der Waals surface area (Å²) in [6.07, 6.45) is 0.922. The van der Waals surface area contributed by atoms with Gasteiger partial charge >= 0.3 is 0 Å². The molecule has 0 saturated heterocycles. The van der Waals surface area contributed by atoms with Crippen LogP contribution in [-0.2, 0) is 10.8 Å². The quantitative estimate of drug-likeness (QED) is 0.514. The molecule has 2 unspecified atom stereocenters. The molecule has 0 aliphatic carbocycles. The first-order valence-electron chi connectivity index (χ1n) is 10.3. The molecule has 1 heteroatoms. The monoisotopic (exact) mass is 378 g/mol. The largest absolute Gasteiger partial charge is 0.513 e. The van der Waals surface area contributed by atoms with E-state index in [1.165, 1.54) is 38.9 Å². The zero-order valence-corrected chi connectivity index (χ0v) is 19.3. The summed E-state index contributed by atoms with van der Waals surface area (Å²) >= 11 is 0. The van der Waals surface area contributed by atoms with Crippen LogP contribution < -0.4 is 0 Å². The van der Waals surface area contributed by atoms with Gasteiger partial charge in [0.2, 0.25) is 0 Å². The van der Waals surface area contributed by atoms with Gasteiger partial charge in [0.1, 0.15) is 0 Å². The standard InChI is InChI=1S/C27H38O/c1-17-11-12-24(13-18(17)2)27(10,22(6)23(7)28)16-26(8,9)25-14-19(3)21(5)20(4)15-25/h11-15,22,28H,7,16H2,1-6,8-10H3. The van der Waals surface area contributed by atoms with Gasteiger partial charge in [0, 0.05) is 11.3 Å². The fourth-order valence-corrected chi connectivity index (χ4v) is 4.42. The number of allylic oxidation sites excluding steroid dienone is 1. The van der Waals surface area contributed by atoms with Gasteiger partial charge in [-0.3, -0.25) is 0 Å². The summed E-state index contributed by atoms with van der Waals surface area (Å²) in [4.78, 5) is 0. The minimum absolute atomic E-state index is 0.0403. The van der Waals surface area contributed by atoms with Crippen molar-refractivity contribution < 1.29 is 5.11 Å². The number of hydrogen-bond acceptors (Lipinski definition) is 1. The van der Waals surface area contributed by atoms with Gasteiger partial charge in [-0.1, -0.05) is 64.6 Å². The molecule has 1 nitrogen and oxygen atoms in total. The molecule has 0 aliphatic heterocycles. The van der Waals surface area contributed by atoms with Gasteiger partial charge in [-0.15, -0.1) is 0 Å². The maximum atomic E-state index is 10.3. The summed E-state index contributed by atoms with van der Waals surface area (Å²) in [6.45, 7) is 23.8. The van der Waals surface area contributed by atoms with Crippen molar-refractivity contribution in [3.05, 3.63) is 81.6 Å². The fourth-order valence-electron chi connectivity index (χ4n) is 4.42. The number of rotatable bonds is 6. The van der Waals surface area contributed by atoms with Gasteiger partial charge in [0.05, 0.1) is 5.76 Å². The van der Waals surface area contributed by atoms with Gasteiger partial charge in [0.15, 0.2) is 0 Å². The Kier molecular flexibility index (Phi) is 6.19. The molecule has 2 aromatic carbocycles. The third kappa shape index (κ3) is 4.19. The third-order valence-electron chi connectivity index (χ3n) is 7.14. The maximum absolute atomic E-state index is 10.3. The minimum atomic E-state index is -0.222. The van der Waals surface area contributed by atoms with E-state index >= 15 is 0 Å². The van der Waals surface area contributed by atoms with Crippen LogP contribution in [0.4, 0.5) is 0 Å².